The van der Waals surface area contributed by atoms with Gasteiger partial charge in [0.1, 0.15) is 0 Å². The molecule has 0 radical (unpaired) electrons. The van der Waals surface area contributed by atoms with E-state index in [-0.39, 0.29) is 18.5 Å². The van der Waals surface area contributed by atoms with Crippen LogP contribution in [0.2, 0.25) is 0 Å². The number of unbranched alkanes of at least 4 members (excludes halogenated alkanes) is 4. The molecule has 0 aliphatic carbocycles. The third-order valence-electron chi connectivity index (χ3n) is 3.53. The van der Waals surface area contributed by atoms with Gasteiger partial charge in [-0.25, -0.2) is 0 Å². The predicted molar refractivity (Wildman–Crippen MR) is 86.5 cm³/mol. The summed E-state index contributed by atoms with van der Waals surface area (Å²) in [5.41, 5.74) is 0. The Hall–Kier alpha value is -1.14. The smallest absolute Gasteiger partial charge is 0.306 e. The Morgan fingerprint density at radius 2 is 1.77 bits per heavy atom. The van der Waals surface area contributed by atoms with Gasteiger partial charge in [0.2, 0.25) is 5.91 Å². The lowest BCUT2D eigenvalue weighted by Gasteiger charge is -2.20. The fourth-order valence-electron chi connectivity index (χ4n) is 2.16. The molecule has 22 heavy (non-hydrogen) atoms. The highest BCUT2D eigenvalue weighted by molar-refractivity contribution is 5.75. The summed E-state index contributed by atoms with van der Waals surface area (Å²) in [6, 6.07) is 0. The van der Waals surface area contributed by atoms with E-state index in [9.17, 15) is 9.59 Å². The number of ether oxygens (including phenoxy) is 1. The Bertz CT molecular complexity index is 298. The second-order valence-corrected chi connectivity index (χ2v) is 5.41. The zero-order valence-corrected chi connectivity index (χ0v) is 14.1. The van der Waals surface area contributed by atoms with Crippen LogP contribution in [0.5, 0.6) is 0 Å². The number of aliphatic hydroxyl groups excluding tert-OH is 1. The van der Waals surface area contributed by atoms with Crippen molar-refractivity contribution in [3.63, 3.8) is 0 Å². The Kier molecular flexibility index (Phi) is 14.0. The van der Waals surface area contributed by atoms with Crippen molar-refractivity contribution in [3.8, 4) is 0 Å². The first-order chi connectivity index (χ1) is 10.6. The third-order valence-corrected chi connectivity index (χ3v) is 3.53. The van der Waals surface area contributed by atoms with Crippen molar-refractivity contribution in [2.45, 2.75) is 51.9 Å². The summed E-state index contributed by atoms with van der Waals surface area (Å²) >= 11 is 0. The van der Waals surface area contributed by atoms with Crippen molar-refractivity contribution < 1.29 is 19.4 Å². The number of methoxy groups -OCH3 is 1. The van der Waals surface area contributed by atoms with E-state index in [0.29, 0.717) is 39.0 Å². The van der Waals surface area contributed by atoms with Gasteiger partial charge in [0.25, 0.3) is 0 Å². The van der Waals surface area contributed by atoms with Gasteiger partial charge < -0.3 is 15.2 Å². The molecule has 0 aromatic carbocycles. The van der Waals surface area contributed by atoms with E-state index in [1.165, 1.54) is 26.4 Å². The number of carbonyl (C=O) groups is 2. The standard InChI is InChI=1S/C16H32N2O4/c1-3-4-5-6-7-8-15(20)17-10-12-18(13-14-19)11-9-16(21)22-2/h19H,3-14H2,1-2H3,(H,17,20). The van der Waals surface area contributed by atoms with Crippen LogP contribution >= 0.6 is 0 Å². The number of hydrogen-bond acceptors (Lipinski definition) is 5. The van der Waals surface area contributed by atoms with Crippen LogP contribution in [0.4, 0.5) is 0 Å². The van der Waals surface area contributed by atoms with Gasteiger partial charge in [0.05, 0.1) is 20.1 Å². The normalized spacial score (nSPS) is 10.7. The van der Waals surface area contributed by atoms with Gasteiger partial charge >= 0.3 is 5.97 Å². The zero-order chi connectivity index (χ0) is 16.6. The minimum absolute atomic E-state index is 0.0343. The number of amides is 1. The quantitative estimate of drug-likeness (QED) is 0.373. The molecular weight excluding hydrogens is 284 g/mol. The molecule has 0 saturated heterocycles. The van der Waals surface area contributed by atoms with Crippen LogP contribution in [0.25, 0.3) is 0 Å². The van der Waals surface area contributed by atoms with Crippen LogP contribution in [-0.2, 0) is 14.3 Å². The van der Waals surface area contributed by atoms with E-state index < -0.39 is 0 Å². The molecule has 0 bridgehead atoms. The molecular formula is C16H32N2O4. The second kappa shape index (κ2) is 14.8. The summed E-state index contributed by atoms with van der Waals surface area (Å²) in [6.45, 7) is 4.38. The molecule has 0 spiro atoms. The number of rotatable bonds is 14. The highest BCUT2D eigenvalue weighted by atomic mass is 16.5. The van der Waals surface area contributed by atoms with Crippen LogP contribution < -0.4 is 5.32 Å². The van der Waals surface area contributed by atoms with Gasteiger partial charge in [0.15, 0.2) is 0 Å². The van der Waals surface area contributed by atoms with Crippen LogP contribution in [0, 0.1) is 0 Å². The Morgan fingerprint density at radius 1 is 1.05 bits per heavy atom. The van der Waals surface area contributed by atoms with E-state index in [4.69, 9.17) is 5.11 Å². The fourth-order valence-corrected chi connectivity index (χ4v) is 2.16. The van der Waals surface area contributed by atoms with Crippen molar-refractivity contribution in [2.75, 3.05) is 39.9 Å². The van der Waals surface area contributed by atoms with Crippen molar-refractivity contribution in [1.82, 2.24) is 10.2 Å². The van der Waals surface area contributed by atoms with Crippen LogP contribution in [-0.4, -0.2) is 61.8 Å². The number of nitrogens with one attached hydrogen (secondary N) is 1. The van der Waals surface area contributed by atoms with Crippen molar-refractivity contribution in [3.05, 3.63) is 0 Å². The zero-order valence-electron chi connectivity index (χ0n) is 14.1. The summed E-state index contributed by atoms with van der Waals surface area (Å²) in [4.78, 5) is 24.7. The Labute approximate surface area is 134 Å². The maximum absolute atomic E-state index is 11.7. The summed E-state index contributed by atoms with van der Waals surface area (Å²) in [7, 11) is 1.36. The molecule has 0 aromatic heterocycles. The second-order valence-electron chi connectivity index (χ2n) is 5.41. The molecule has 0 aliphatic heterocycles. The Morgan fingerprint density at radius 3 is 2.41 bits per heavy atom. The summed E-state index contributed by atoms with van der Waals surface area (Å²) in [5.74, 6) is -0.188. The van der Waals surface area contributed by atoms with E-state index in [1.807, 2.05) is 4.90 Å². The minimum Gasteiger partial charge on any atom is -0.469 e. The lowest BCUT2D eigenvalue weighted by Crippen LogP contribution is -2.37. The minimum atomic E-state index is -0.265. The monoisotopic (exact) mass is 316 g/mol. The van der Waals surface area contributed by atoms with Gasteiger partial charge in [-0.1, -0.05) is 32.6 Å². The summed E-state index contributed by atoms with van der Waals surface area (Å²) in [6.07, 6.45) is 6.55. The molecule has 0 heterocycles. The average Bonchev–Trinajstić information content (AvgIpc) is 2.52. The number of aliphatic hydroxyl groups is 1. The van der Waals surface area contributed by atoms with Gasteiger partial charge in [-0.05, 0) is 6.42 Å². The topological polar surface area (TPSA) is 78.9 Å². The molecule has 0 rings (SSSR count). The molecule has 0 aromatic rings. The van der Waals surface area contributed by atoms with Crippen molar-refractivity contribution >= 4 is 11.9 Å². The highest BCUT2D eigenvalue weighted by Gasteiger charge is 2.08. The number of carbonyl (C=O) groups excluding carboxylic acids is 2. The molecule has 0 aliphatic rings. The predicted octanol–water partition coefficient (Wildman–Crippen LogP) is 1.32. The molecule has 2 N–H and O–H groups in total. The van der Waals surface area contributed by atoms with Gasteiger partial charge in [0, 0.05) is 32.6 Å². The van der Waals surface area contributed by atoms with Crippen LogP contribution in [0.3, 0.4) is 0 Å². The molecule has 0 saturated carbocycles. The first-order valence-corrected chi connectivity index (χ1v) is 8.30. The highest BCUT2D eigenvalue weighted by Crippen LogP contribution is 2.04. The molecule has 130 valence electrons. The third kappa shape index (κ3) is 12.6. The van der Waals surface area contributed by atoms with Crippen LogP contribution in [0.15, 0.2) is 0 Å². The van der Waals surface area contributed by atoms with Gasteiger partial charge in [-0.2, -0.15) is 0 Å². The van der Waals surface area contributed by atoms with Gasteiger partial charge in [-0.3, -0.25) is 14.5 Å². The molecule has 0 fully saturated rings. The van der Waals surface area contributed by atoms with E-state index in [0.717, 1.165) is 12.8 Å². The molecule has 0 unspecified atom stereocenters. The van der Waals surface area contributed by atoms with Crippen LogP contribution in [0.1, 0.15) is 51.9 Å². The van der Waals surface area contributed by atoms with Crippen molar-refractivity contribution in [2.24, 2.45) is 0 Å². The van der Waals surface area contributed by atoms with Crippen molar-refractivity contribution in [1.29, 1.82) is 0 Å². The van der Waals surface area contributed by atoms with E-state index in [2.05, 4.69) is 17.0 Å². The van der Waals surface area contributed by atoms with E-state index in [1.54, 1.807) is 0 Å². The SMILES string of the molecule is CCCCCCCC(=O)NCCN(CCO)CCC(=O)OC. The molecule has 1 amide bonds. The summed E-state index contributed by atoms with van der Waals surface area (Å²) < 4.78 is 4.60. The largest absolute Gasteiger partial charge is 0.469 e. The molecule has 6 nitrogen and oxygen atoms in total. The lowest BCUT2D eigenvalue weighted by molar-refractivity contribution is -0.141. The number of nitrogens with zero attached hydrogens (tertiary/aromatic N) is 1. The van der Waals surface area contributed by atoms with E-state index >= 15 is 0 Å². The molecule has 6 heteroatoms. The number of esters is 1. The first kappa shape index (κ1) is 20.9. The summed E-state index contributed by atoms with van der Waals surface area (Å²) in [5, 5.41) is 11.9. The lowest BCUT2D eigenvalue weighted by atomic mass is 10.1. The first-order valence-electron chi connectivity index (χ1n) is 8.30. The fraction of sp³-hybridized carbons (Fsp3) is 0.875. The molecule has 0 atom stereocenters. The maximum Gasteiger partial charge on any atom is 0.306 e. The average molecular weight is 316 g/mol. The maximum atomic E-state index is 11.7. The Balaban J connectivity index is 3.72. The number of hydrogen-bond donors (Lipinski definition) is 2. The van der Waals surface area contributed by atoms with Gasteiger partial charge in [-0.15, -0.1) is 0 Å².